The van der Waals surface area contributed by atoms with E-state index >= 15 is 0 Å². The minimum atomic E-state index is -3.67. The number of aromatic nitrogens is 3. The van der Waals surface area contributed by atoms with Crippen molar-refractivity contribution in [2.24, 2.45) is 0 Å². The van der Waals surface area contributed by atoms with E-state index in [2.05, 4.69) is 55.6 Å². The first-order valence-electron chi connectivity index (χ1n) is 6.99. The van der Waals surface area contributed by atoms with Gasteiger partial charge in [-0.2, -0.15) is 8.42 Å². The molecule has 0 fully saturated rings. The lowest BCUT2D eigenvalue weighted by Crippen LogP contribution is -2.11. The van der Waals surface area contributed by atoms with E-state index in [-0.39, 0.29) is 0 Å². The predicted octanol–water partition coefficient (Wildman–Crippen LogP) is 3.16. The van der Waals surface area contributed by atoms with Crippen LogP contribution in [0.5, 0.6) is 0 Å². The minimum Gasteiger partial charge on any atom is -0.353 e. The van der Waals surface area contributed by atoms with Crippen molar-refractivity contribution in [2.75, 3.05) is 6.26 Å². The Hall–Kier alpha value is -1.64. The summed E-state index contributed by atoms with van der Waals surface area (Å²) in [6, 6.07) is 6.40. The summed E-state index contributed by atoms with van der Waals surface area (Å²) in [4.78, 5) is 7.95. The van der Waals surface area contributed by atoms with Gasteiger partial charge < -0.3 is 9.55 Å². The molecule has 122 valence electrons. The van der Waals surface area contributed by atoms with Crippen molar-refractivity contribution in [3.63, 3.8) is 0 Å². The van der Waals surface area contributed by atoms with Crippen molar-refractivity contribution >= 4 is 37.0 Å². The summed E-state index contributed by atoms with van der Waals surface area (Å²) in [5.41, 5.74) is 5.06. The van der Waals surface area contributed by atoms with E-state index < -0.39 is 10.1 Å². The normalized spacial score (nSPS) is 13.2. The third-order valence-electron chi connectivity index (χ3n) is 3.76. The van der Waals surface area contributed by atoms with E-state index in [1.807, 2.05) is 6.20 Å². The molecule has 4 rings (SSSR count). The van der Waals surface area contributed by atoms with Gasteiger partial charge in [-0.1, -0.05) is 15.9 Å². The molecule has 1 aliphatic rings. The quantitative estimate of drug-likeness (QED) is 0.570. The van der Waals surface area contributed by atoms with Gasteiger partial charge in [0.15, 0.2) is 0 Å². The molecule has 0 amide bonds. The van der Waals surface area contributed by atoms with Gasteiger partial charge in [0.05, 0.1) is 23.8 Å². The first kappa shape index (κ1) is 16.2. The van der Waals surface area contributed by atoms with Gasteiger partial charge >= 0.3 is 0 Å². The molecule has 1 aliphatic heterocycles. The number of H-pyrrole nitrogens is 1. The molecule has 0 atom stereocenters. The van der Waals surface area contributed by atoms with E-state index in [1.54, 1.807) is 0 Å². The molecule has 6 nitrogen and oxygen atoms in total. The largest absolute Gasteiger partial charge is 0.353 e. The van der Waals surface area contributed by atoms with Crippen molar-refractivity contribution in [2.45, 2.75) is 19.9 Å². The standard InChI is InChI=1S/C14H12BrN3.CH4O3S/c1-8-16-7-13-14-10(4-5-18(8)13)11-6-9(15)2-3-12(11)17-14;1-5(2,3)4/h2-3,6-7,17H,4-5H2,1H3;1H3,(H,2,3,4). The molecular formula is C15H16BrN3O3S. The number of nitrogens with one attached hydrogen (secondary N) is 1. The molecule has 0 aliphatic carbocycles. The highest BCUT2D eigenvalue weighted by molar-refractivity contribution is 9.10. The zero-order chi connectivity index (χ0) is 16.8. The van der Waals surface area contributed by atoms with E-state index in [9.17, 15) is 8.42 Å². The molecule has 8 heteroatoms. The van der Waals surface area contributed by atoms with Gasteiger partial charge in [-0.25, -0.2) is 4.98 Å². The summed E-state index contributed by atoms with van der Waals surface area (Å²) in [6.45, 7) is 3.08. The van der Waals surface area contributed by atoms with Crippen molar-refractivity contribution < 1.29 is 13.0 Å². The second kappa shape index (κ2) is 5.77. The third kappa shape index (κ3) is 3.34. The van der Waals surface area contributed by atoms with Crippen molar-refractivity contribution in [3.05, 3.63) is 40.3 Å². The number of fused-ring (bicyclic) bond motifs is 5. The van der Waals surface area contributed by atoms with Crippen LogP contribution in [0.2, 0.25) is 0 Å². The number of rotatable bonds is 0. The van der Waals surface area contributed by atoms with Gasteiger partial charge in [-0.05, 0) is 37.1 Å². The second-order valence-corrected chi connectivity index (χ2v) is 7.88. The Morgan fingerprint density at radius 2 is 2.09 bits per heavy atom. The molecule has 2 aromatic heterocycles. The monoisotopic (exact) mass is 397 g/mol. The average Bonchev–Trinajstić information content (AvgIpc) is 2.98. The lowest BCUT2D eigenvalue weighted by molar-refractivity contribution is 0.490. The smallest absolute Gasteiger partial charge is 0.261 e. The molecule has 3 heterocycles. The maximum absolute atomic E-state index is 9.19. The van der Waals surface area contributed by atoms with Gasteiger partial charge in [0, 0.05) is 21.9 Å². The van der Waals surface area contributed by atoms with Crippen LogP contribution in [0.15, 0.2) is 28.9 Å². The number of halogens is 1. The molecular weight excluding hydrogens is 382 g/mol. The van der Waals surface area contributed by atoms with Gasteiger partial charge in [-0.15, -0.1) is 0 Å². The first-order chi connectivity index (χ1) is 10.7. The zero-order valence-corrected chi connectivity index (χ0v) is 15.1. The fourth-order valence-corrected chi connectivity index (χ4v) is 3.23. The summed E-state index contributed by atoms with van der Waals surface area (Å²) < 4.78 is 29.3. The number of hydrogen-bond acceptors (Lipinski definition) is 3. The predicted molar refractivity (Wildman–Crippen MR) is 93.1 cm³/mol. The van der Waals surface area contributed by atoms with Gasteiger partial charge in [0.25, 0.3) is 10.1 Å². The molecule has 0 unspecified atom stereocenters. The number of benzene rings is 1. The molecule has 0 spiro atoms. The van der Waals surface area contributed by atoms with Crippen LogP contribution in [-0.2, 0) is 23.1 Å². The first-order valence-corrected chi connectivity index (χ1v) is 9.63. The lowest BCUT2D eigenvalue weighted by Gasteiger charge is -2.16. The number of hydrogen-bond donors (Lipinski definition) is 2. The Kier molecular flexibility index (Phi) is 4.07. The van der Waals surface area contributed by atoms with Crippen molar-refractivity contribution in [1.29, 1.82) is 0 Å². The third-order valence-corrected chi connectivity index (χ3v) is 4.26. The fraction of sp³-hybridized carbons (Fsp3) is 0.267. The SMILES string of the molecule is CS(=O)(=O)O.Cc1ncc2n1CCc1c-2[nH]c2ccc(Br)cc12. The van der Waals surface area contributed by atoms with Gasteiger partial charge in [0.1, 0.15) is 5.82 Å². The van der Waals surface area contributed by atoms with E-state index in [1.165, 1.54) is 27.9 Å². The van der Waals surface area contributed by atoms with Crippen LogP contribution in [0.1, 0.15) is 11.4 Å². The maximum atomic E-state index is 9.19. The Morgan fingerprint density at radius 1 is 1.39 bits per heavy atom. The second-order valence-electron chi connectivity index (χ2n) is 5.49. The number of aryl methyl sites for hydroxylation is 2. The zero-order valence-electron chi connectivity index (χ0n) is 12.7. The molecule has 1 aromatic carbocycles. The van der Waals surface area contributed by atoms with Crippen LogP contribution in [0.4, 0.5) is 0 Å². The van der Waals surface area contributed by atoms with Crippen molar-refractivity contribution in [1.82, 2.24) is 14.5 Å². The highest BCUT2D eigenvalue weighted by Gasteiger charge is 2.22. The van der Waals surface area contributed by atoms with Crippen LogP contribution in [0.25, 0.3) is 22.3 Å². The van der Waals surface area contributed by atoms with E-state index in [0.717, 1.165) is 23.3 Å². The highest BCUT2D eigenvalue weighted by Crippen LogP contribution is 2.35. The summed E-state index contributed by atoms with van der Waals surface area (Å²) in [5, 5.41) is 1.32. The Morgan fingerprint density at radius 3 is 2.78 bits per heavy atom. The molecule has 23 heavy (non-hydrogen) atoms. The van der Waals surface area contributed by atoms with Gasteiger partial charge in [-0.3, -0.25) is 4.55 Å². The summed E-state index contributed by atoms with van der Waals surface area (Å²) in [5.74, 6) is 1.09. The maximum Gasteiger partial charge on any atom is 0.261 e. The number of aromatic amines is 1. The topological polar surface area (TPSA) is 88.0 Å². The Labute approximate surface area is 142 Å². The molecule has 2 N–H and O–H groups in total. The van der Waals surface area contributed by atoms with Crippen LogP contribution in [0, 0.1) is 6.92 Å². The van der Waals surface area contributed by atoms with Crippen LogP contribution in [0.3, 0.4) is 0 Å². The number of imidazole rings is 1. The molecule has 0 bridgehead atoms. The Bertz CT molecular complexity index is 981. The molecule has 3 aromatic rings. The van der Waals surface area contributed by atoms with Crippen LogP contribution in [-0.4, -0.2) is 33.8 Å². The molecule has 0 radical (unpaired) electrons. The molecule has 0 saturated heterocycles. The molecule has 0 saturated carbocycles. The summed E-state index contributed by atoms with van der Waals surface area (Å²) >= 11 is 3.55. The fourth-order valence-electron chi connectivity index (χ4n) is 2.87. The lowest BCUT2D eigenvalue weighted by atomic mass is 10.0. The summed E-state index contributed by atoms with van der Waals surface area (Å²) in [6.07, 6.45) is 3.75. The van der Waals surface area contributed by atoms with Gasteiger partial charge in [0.2, 0.25) is 0 Å². The Balaban J connectivity index is 0.000000276. The van der Waals surface area contributed by atoms with E-state index in [0.29, 0.717) is 6.26 Å². The van der Waals surface area contributed by atoms with Crippen LogP contribution >= 0.6 is 15.9 Å². The van der Waals surface area contributed by atoms with E-state index in [4.69, 9.17) is 4.55 Å². The highest BCUT2D eigenvalue weighted by atomic mass is 79.9. The van der Waals surface area contributed by atoms with Crippen LogP contribution < -0.4 is 0 Å². The van der Waals surface area contributed by atoms with Crippen molar-refractivity contribution in [3.8, 4) is 11.4 Å². The summed E-state index contributed by atoms with van der Waals surface area (Å²) in [7, 11) is -3.67. The number of nitrogens with zero attached hydrogens (tertiary/aromatic N) is 2. The average molecular weight is 398 g/mol. The minimum absolute atomic E-state index is 0.715.